The molecule has 1 saturated carbocycles. The fourth-order valence-corrected chi connectivity index (χ4v) is 2.75. The molecular weight excluding hydrogens is 224 g/mol. The van der Waals surface area contributed by atoms with Crippen molar-refractivity contribution in [3.05, 3.63) is 35.5 Å². The maximum Gasteiger partial charge on any atom is 0.120 e. The fraction of sp³-hybridized carbons (Fsp3) is 0.333. The fourth-order valence-electron chi connectivity index (χ4n) is 2.75. The summed E-state index contributed by atoms with van der Waals surface area (Å²) in [5.41, 5.74) is 3.09. The molecule has 0 aliphatic heterocycles. The van der Waals surface area contributed by atoms with Gasteiger partial charge in [0.05, 0.1) is 11.6 Å². The van der Waals surface area contributed by atoms with Gasteiger partial charge in [0, 0.05) is 23.5 Å². The van der Waals surface area contributed by atoms with Crippen molar-refractivity contribution < 1.29 is 4.79 Å². The van der Waals surface area contributed by atoms with Crippen molar-refractivity contribution in [2.75, 3.05) is 0 Å². The van der Waals surface area contributed by atoms with Crippen LogP contribution in [0, 0.1) is 17.2 Å². The molecule has 0 unspecified atom stereocenters. The smallest absolute Gasteiger partial charge is 0.120 e. The Hall–Kier alpha value is -2.08. The molecule has 2 aromatic rings. The first-order chi connectivity index (χ1) is 8.83. The van der Waals surface area contributed by atoms with E-state index in [1.807, 2.05) is 18.2 Å². The molecule has 1 fully saturated rings. The molecule has 3 heteroatoms. The average molecular weight is 238 g/mol. The zero-order valence-corrected chi connectivity index (χ0v) is 10.0. The van der Waals surface area contributed by atoms with Crippen molar-refractivity contribution in [2.24, 2.45) is 5.92 Å². The van der Waals surface area contributed by atoms with Crippen LogP contribution in [0.25, 0.3) is 10.9 Å². The van der Waals surface area contributed by atoms with E-state index in [1.54, 1.807) is 0 Å². The maximum absolute atomic E-state index is 10.4. The number of rotatable bonds is 4. The molecule has 1 aromatic carbocycles. The van der Waals surface area contributed by atoms with E-state index < -0.39 is 0 Å². The lowest BCUT2D eigenvalue weighted by molar-refractivity contribution is -0.108. The van der Waals surface area contributed by atoms with Crippen molar-refractivity contribution in [1.29, 1.82) is 5.26 Å². The number of aromatic nitrogens is 1. The Morgan fingerprint density at radius 2 is 2.39 bits per heavy atom. The number of carbonyl (C=O) groups excluding carboxylic acids is 1. The number of nitriles is 1. The third-order valence-corrected chi connectivity index (χ3v) is 3.82. The molecule has 18 heavy (non-hydrogen) atoms. The Labute approximate surface area is 105 Å². The Kier molecular flexibility index (Phi) is 2.64. The van der Waals surface area contributed by atoms with Gasteiger partial charge in [-0.1, -0.05) is 0 Å². The van der Waals surface area contributed by atoms with Crippen LogP contribution < -0.4 is 0 Å². The highest BCUT2D eigenvalue weighted by Crippen LogP contribution is 2.51. The Morgan fingerprint density at radius 3 is 3.17 bits per heavy atom. The van der Waals surface area contributed by atoms with E-state index in [0.717, 1.165) is 30.0 Å². The minimum atomic E-state index is 0.563. The van der Waals surface area contributed by atoms with Crippen LogP contribution in [0.2, 0.25) is 0 Å². The van der Waals surface area contributed by atoms with Gasteiger partial charge in [-0.2, -0.15) is 5.26 Å². The van der Waals surface area contributed by atoms with Crippen LogP contribution in [0.5, 0.6) is 0 Å². The van der Waals surface area contributed by atoms with Crippen molar-refractivity contribution in [2.45, 2.75) is 25.2 Å². The monoisotopic (exact) mass is 238 g/mol. The van der Waals surface area contributed by atoms with Gasteiger partial charge < -0.3 is 9.78 Å². The number of benzene rings is 1. The molecule has 0 bridgehead atoms. The number of fused-ring (bicyclic) bond motifs is 1. The van der Waals surface area contributed by atoms with E-state index in [4.69, 9.17) is 5.26 Å². The van der Waals surface area contributed by atoms with Gasteiger partial charge in [0.15, 0.2) is 0 Å². The van der Waals surface area contributed by atoms with Gasteiger partial charge in [0.1, 0.15) is 6.29 Å². The van der Waals surface area contributed by atoms with Gasteiger partial charge in [-0.15, -0.1) is 0 Å². The molecule has 0 spiro atoms. The molecule has 1 aliphatic carbocycles. The van der Waals surface area contributed by atoms with Crippen LogP contribution in [0.4, 0.5) is 0 Å². The van der Waals surface area contributed by atoms with E-state index >= 15 is 0 Å². The first-order valence-corrected chi connectivity index (χ1v) is 6.28. The van der Waals surface area contributed by atoms with E-state index in [2.05, 4.69) is 17.3 Å². The second-order valence-corrected chi connectivity index (χ2v) is 4.96. The third-order valence-electron chi connectivity index (χ3n) is 3.82. The predicted molar refractivity (Wildman–Crippen MR) is 69.2 cm³/mol. The Morgan fingerprint density at radius 1 is 1.50 bits per heavy atom. The SMILES string of the molecule is N#Cc1ccc2[nH]cc([C@@H]3C[C@H]3CCC=O)c2c1. The number of hydrogen-bond acceptors (Lipinski definition) is 2. The number of H-pyrrole nitrogens is 1. The van der Waals surface area contributed by atoms with Crippen LogP contribution in [-0.2, 0) is 4.79 Å². The molecule has 3 nitrogen and oxygen atoms in total. The normalized spacial score (nSPS) is 21.7. The predicted octanol–water partition coefficient (Wildman–Crippen LogP) is 3.12. The molecular formula is C15H14N2O. The highest BCUT2D eigenvalue weighted by molar-refractivity contribution is 5.85. The summed E-state index contributed by atoms with van der Waals surface area (Å²) in [6, 6.07) is 7.93. The van der Waals surface area contributed by atoms with E-state index in [0.29, 0.717) is 23.8 Å². The summed E-state index contributed by atoms with van der Waals surface area (Å²) in [5, 5.41) is 10.1. The molecule has 1 aromatic heterocycles. The molecule has 90 valence electrons. The molecule has 3 rings (SSSR count). The number of aromatic amines is 1. The average Bonchev–Trinajstić information content (AvgIpc) is 3.05. The summed E-state index contributed by atoms with van der Waals surface area (Å²) in [5.74, 6) is 1.20. The van der Waals surface area contributed by atoms with Gasteiger partial charge in [-0.05, 0) is 48.4 Å². The number of nitrogens with zero attached hydrogens (tertiary/aromatic N) is 1. The number of nitrogens with one attached hydrogen (secondary N) is 1. The summed E-state index contributed by atoms with van der Waals surface area (Å²) >= 11 is 0. The quantitative estimate of drug-likeness (QED) is 0.832. The second-order valence-electron chi connectivity index (χ2n) is 4.96. The minimum Gasteiger partial charge on any atom is -0.361 e. The Balaban J connectivity index is 1.89. The lowest BCUT2D eigenvalue weighted by Gasteiger charge is -1.98. The Bertz CT molecular complexity index is 635. The van der Waals surface area contributed by atoms with Gasteiger partial charge in [0.25, 0.3) is 0 Å². The zero-order chi connectivity index (χ0) is 12.5. The van der Waals surface area contributed by atoms with Crippen LogP contribution in [-0.4, -0.2) is 11.3 Å². The molecule has 2 atom stereocenters. The first-order valence-electron chi connectivity index (χ1n) is 6.28. The van der Waals surface area contributed by atoms with Crippen LogP contribution in [0.3, 0.4) is 0 Å². The first kappa shape index (κ1) is 11.0. The number of aldehydes is 1. The van der Waals surface area contributed by atoms with Crippen molar-refractivity contribution in [3.63, 3.8) is 0 Å². The van der Waals surface area contributed by atoms with Crippen molar-refractivity contribution in [1.82, 2.24) is 4.98 Å². The third kappa shape index (κ3) is 1.80. The topological polar surface area (TPSA) is 56.6 Å². The summed E-state index contributed by atoms with van der Waals surface area (Å²) in [6.45, 7) is 0. The second kappa shape index (κ2) is 4.30. The molecule has 0 radical (unpaired) electrons. The summed E-state index contributed by atoms with van der Waals surface area (Å²) in [6.07, 6.45) is 5.86. The number of hydrogen-bond donors (Lipinski definition) is 1. The largest absolute Gasteiger partial charge is 0.361 e. The summed E-state index contributed by atoms with van der Waals surface area (Å²) < 4.78 is 0. The van der Waals surface area contributed by atoms with Crippen LogP contribution in [0.15, 0.2) is 24.4 Å². The van der Waals surface area contributed by atoms with Gasteiger partial charge in [-0.3, -0.25) is 0 Å². The molecule has 1 heterocycles. The molecule has 1 aliphatic rings. The van der Waals surface area contributed by atoms with Crippen molar-refractivity contribution >= 4 is 17.2 Å². The van der Waals surface area contributed by atoms with Crippen LogP contribution >= 0.6 is 0 Å². The van der Waals surface area contributed by atoms with Gasteiger partial charge >= 0.3 is 0 Å². The standard InChI is InChI=1S/C15H14N2O/c16-8-10-3-4-15-13(6-10)14(9-17-15)12-7-11(12)2-1-5-18/h3-6,9,11-12,17H,1-2,7H2/t11-,12-/m1/s1. The lowest BCUT2D eigenvalue weighted by atomic mass is 10.0. The van der Waals surface area contributed by atoms with Crippen LogP contribution in [0.1, 0.15) is 36.3 Å². The minimum absolute atomic E-state index is 0.563. The van der Waals surface area contributed by atoms with Gasteiger partial charge in [0.2, 0.25) is 0 Å². The van der Waals surface area contributed by atoms with E-state index in [-0.39, 0.29) is 0 Å². The highest BCUT2D eigenvalue weighted by atomic mass is 16.1. The van der Waals surface area contributed by atoms with E-state index in [1.165, 1.54) is 5.56 Å². The summed E-state index contributed by atoms with van der Waals surface area (Å²) in [7, 11) is 0. The lowest BCUT2D eigenvalue weighted by Crippen LogP contribution is -1.84. The molecule has 0 amide bonds. The molecule has 0 saturated heterocycles. The van der Waals surface area contributed by atoms with E-state index in [9.17, 15) is 4.79 Å². The van der Waals surface area contributed by atoms with Gasteiger partial charge in [-0.25, -0.2) is 0 Å². The maximum atomic E-state index is 10.4. The highest BCUT2D eigenvalue weighted by Gasteiger charge is 2.38. The summed E-state index contributed by atoms with van der Waals surface area (Å²) in [4.78, 5) is 13.6. The van der Waals surface area contributed by atoms with Crippen molar-refractivity contribution in [3.8, 4) is 6.07 Å². The zero-order valence-electron chi connectivity index (χ0n) is 10.0. The molecule has 1 N–H and O–H groups in total. The number of carbonyl (C=O) groups is 1.